The first-order valence-corrected chi connectivity index (χ1v) is 7.02. The molecule has 0 aliphatic rings. The molecule has 4 nitrogen and oxygen atoms in total. The molecule has 0 fully saturated rings. The summed E-state index contributed by atoms with van der Waals surface area (Å²) in [5.74, 6) is 0.988. The van der Waals surface area contributed by atoms with Crippen molar-refractivity contribution in [1.29, 1.82) is 0 Å². The largest absolute Gasteiger partial charge is 0.352 e. The van der Waals surface area contributed by atoms with Gasteiger partial charge in [-0.15, -0.1) is 0 Å². The van der Waals surface area contributed by atoms with Gasteiger partial charge >= 0.3 is 0 Å². The Labute approximate surface area is 111 Å². The van der Waals surface area contributed by atoms with Gasteiger partial charge < -0.3 is 14.8 Å². The standard InChI is InChI=1S/C14H28N4/c1-7-17(8-2)9-12(5)15-14-16-13(6)10-18(14)11(3)4/h10-12H,7-9H2,1-6H3,(H,15,16). The van der Waals surface area contributed by atoms with Crippen LogP contribution in [0, 0.1) is 6.92 Å². The second kappa shape index (κ2) is 6.78. The normalized spacial score (nSPS) is 13.3. The summed E-state index contributed by atoms with van der Waals surface area (Å²) in [6.07, 6.45) is 2.11. The van der Waals surface area contributed by atoms with Gasteiger partial charge in [-0.05, 0) is 40.8 Å². The van der Waals surface area contributed by atoms with Crippen LogP contribution in [0.2, 0.25) is 0 Å². The highest BCUT2D eigenvalue weighted by molar-refractivity contribution is 5.30. The zero-order valence-corrected chi connectivity index (χ0v) is 12.7. The maximum atomic E-state index is 4.56. The van der Waals surface area contributed by atoms with E-state index in [0.29, 0.717) is 12.1 Å². The Morgan fingerprint density at radius 2 is 1.89 bits per heavy atom. The van der Waals surface area contributed by atoms with Crippen LogP contribution in [-0.2, 0) is 0 Å². The van der Waals surface area contributed by atoms with E-state index in [0.717, 1.165) is 31.3 Å². The second-order valence-corrected chi connectivity index (χ2v) is 5.24. The molecule has 0 saturated heterocycles. The summed E-state index contributed by atoms with van der Waals surface area (Å²) >= 11 is 0. The van der Waals surface area contributed by atoms with Gasteiger partial charge in [-0.25, -0.2) is 4.98 Å². The molecule has 1 rings (SSSR count). The van der Waals surface area contributed by atoms with Crippen LogP contribution in [0.4, 0.5) is 5.95 Å². The van der Waals surface area contributed by atoms with E-state index in [-0.39, 0.29) is 0 Å². The van der Waals surface area contributed by atoms with Gasteiger partial charge in [-0.1, -0.05) is 13.8 Å². The number of nitrogens with one attached hydrogen (secondary N) is 1. The Balaban J connectivity index is 2.66. The smallest absolute Gasteiger partial charge is 0.203 e. The molecule has 1 heterocycles. The number of likely N-dealkylation sites (N-methyl/N-ethyl adjacent to an activating group) is 1. The van der Waals surface area contributed by atoms with Crippen LogP contribution in [-0.4, -0.2) is 40.1 Å². The quantitative estimate of drug-likeness (QED) is 0.810. The van der Waals surface area contributed by atoms with Gasteiger partial charge in [0.25, 0.3) is 0 Å². The predicted molar refractivity (Wildman–Crippen MR) is 78.2 cm³/mol. The Hall–Kier alpha value is -1.03. The van der Waals surface area contributed by atoms with Gasteiger partial charge in [0.1, 0.15) is 0 Å². The van der Waals surface area contributed by atoms with Crippen molar-refractivity contribution >= 4 is 5.95 Å². The number of aromatic nitrogens is 2. The van der Waals surface area contributed by atoms with E-state index in [1.807, 2.05) is 6.92 Å². The Bertz CT molecular complexity index is 353. The predicted octanol–water partition coefficient (Wildman–Crippen LogP) is 2.91. The maximum Gasteiger partial charge on any atom is 0.203 e. The SMILES string of the molecule is CCN(CC)CC(C)Nc1nc(C)cn1C(C)C. The molecule has 0 bridgehead atoms. The molecule has 0 saturated carbocycles. The van der Waals surface area contributed by atoms with Crippen molar-refractivity contribution in [3.05, 3.63) is 11.9 Å². The Morgan fingerprint density at radius 1 is 1.28 bits per heavy atom. The second-order valence-electron chi connectivity index (χ2n) is 5.24. The third kappa shape index (κ3) is 4.02. The van der Waals surface area contributed by atoms with Crippen molar-refractivity contribution in [3.63, 3.8) is 0 Å². The van der Waals surface area contributed by atoms with E-state index >= 15 is 0 Å². The number of imidazole rings is 1. The van der Waals surface area contributed by atoms with Crippen LogP contribution in [0.3, 0.4) is 0 Å². The summed E-state index contributed by atoms with van der Waals surface area (Å²) in [6, 6.07) is 0.846. The van der Waals surface area contributed by atoms with Crippen molar-refractivity contribution in [1.82, 2.24) is 14.5 Å². The van der Waals surface area contributed by atoms with Gasteiger partial charge in [-0.3, -0.25) is 0 Å². The minimum atomic E-state index is 0.407. The van der Waals surface area contributed by atoms with Gasteiger partial charge in [0.15, 0.2) is 0 Å². The minimum Gasteiger partial charge on any atom is -0.352 e. The Morgan fingerprint density at radius 3 is 2.39 bits per heavy atom. The molecule has 0 spiro atoms. The molecule has 0 aliphatic heterocycles. The highest BCUT2D eigenvalue weighted by Crippen LogP contribution is 2.16. The number of aryl methyl sites for hydroxylation is 1. The first kappa shape index (κ1) is 15.0. The van der Waals surface area contributed by atoms with Crippen molar-refractivity contribution in [2.24, 2.45) is 0 Å². The van der Waals surface area contributed by atoms with Gasteiger partial charge in [0.05, 0.1) is 5.69 Å². The highest BCUT2D eigenvalue weighted by atomic mass is 15.2. The number of anilines is 1. The van der Waals surface area contributed by atoms with Crippen LogP contribution >= 0.6 is 0 Å². The number of hydrogen-bond donors (Lipinski definition) is 1. The molecule has 104 valence electrons. The third-order valence-corrected chi connectivity index (χ3v) is 3.21. The van der Waals surface area contributed by atoms with E-state index < -0.39 is 0 Å². The molecule has 18 heavy (non-hydrogen) atoms. The van der Waals surface area contributed by atoms with E-state index in [2.05, 4.69) is 60.6 Å². The summed E-state index contributed by atoms with van der Waals surface area (Å²) < 4.78 is 2.20. The average molecular weight is 252 g/mol. The molecule has 1 unspecified atom stereocenters. The first-order valence-electron chi connectivity index (χ1n) is 7.02. The van der Waals surface area contributed by atoms with Crippen LogP contribution in [0.15, 0.2) is 6.20 Å². The van der Waals surface area contributed by atoms with Crippen LogP contribution < -0.4 is 5.32 Å². The molecule has 0 aromatic carbocycles. The summed E-state index contributed by atoms with van der Waals surface area (Å²) in [4.78, 5) is 6.99. The summed E-state index contributed by atoms with van der Waals surface area (Å²) in [7, 11) is 0. The van der Waals surface area contributed by atoms with Gasteiger partial charge in [0, 0.05) is 24.8 Å². The first-order chi connectivity index (χ1) is 8.47. The summed E-state index contributed by atoms with van der Waals surface area (Å²) in [6.45, 7) is 16.3. The maximum absolute atomic E-state index is 4.56. The molecule has 1 atom stereocenters. The van der Waals surface area contributed by atoms with Crippen LogP contribution in [0.1, 0.15) is 46.4 Å². The molecule has 0 amide bonds. The molecule has 1 aromatic rings. The monoisotopic (exact) mass is 252 g/mol. The lowest BCUT2D eigenvalue weighted by atomic mass is 10.3. The lowest BCUT2D eigenvalue weighted by Crippen LogP contribution is -2.35. The number of nitrogens with zero attached hydrogens (tertiary/aromatic N) is 3. The Kier molecular flexibility index (Phi) is 5.66. The van der Waals surface area contributed by atoms with Crippen molar-refractivity contribution < 1.29 is 0 Å². The fourth-order valence-electron chi connectivity index (χ4n) is 2.15. The molecule has 1 aromatic heterocycles. The van der Waals surface area contributed by atoms with E-state index in [9.17, 15) is 0 Å². The van der Waals surface area contributed by atoms with E-state index in [4.69, 9.17) is 0 Å². The molecule has 4 heteroatoms. The molecular weight excluding hydrogens is 224 g/mol. The molecule has 1 N–H and O–H groups in total. The number of rotatable bonds is 7. The van der Waals surface area contributed by atoms with Crippen LogP contribution in [0.25, 0.3) is 0 Å². The van der Waals surface area contributed by atoms with Crippen molar-refractivity contribution in [2.75, 3.05) is 25.0 Å². The lowest BCUT2D eigenvalue weighted by Gasteiger charge is -2.24. The van der Waals surface area contributed by atoms with Crippen molar-refractivity contribution in [2.45, 2.75) is 53.6 Å². The zero-order valence-electron chi connectivity index (χ0n) is 12.7. The highest BCUT2D eigenvalue weighted by Gasteiger charge is 2.12. The van der Waals surface area contributed by atoms with Crippen LogP contribution in [0.5, 0.6) is 0 Å². The third-order valence-electron chi connectivity index (χ3n) is 3.21. The van der Waals surface area contributed by atoms with Gasteiger partial charge in [-0.2, -0.15) is 0 Å². The molecule has 0 aliphatic carbocycles. The topological polar surface area (TPSA) is 33.1 Å². The summed E-state index contributed by atoms with van der Waals surface area (Å²) in [5.41, 5.74) is 1.07. The van der Waals surface area contributed by atoms with E-state index in [1.165, 1.54) is 0 Å². The minimum absolute atomic E-state index is 0.407. The molecule has 0 radical (unpaired) electrons. The summed E-state index contributed by atoms with van der Waals surface area (Å²) in [5, 5.41) is 3.52. The van der Waals surface area contributed by atoms with E-state index in [1.54, 1.807) is 0 Å². The lowest BCUT2D eigenvalue weighted by molar-refractivity contribution is 0.294. The number of hydrogen-bond acceptors (Lipinski definition) is 3. The fraction of sp³-hybridized carbons (Fsp3) is 0.786. The zero-order chi connectivity index (χ0) is 13.7. The average Bonchev–Trinajstić information content (AvgIpc) is 2.67. The molecular formula is C14H28N4. The van der Waals surface area contributed by atoms with Crippen molar-refractivity contribution in [3.8, 4) is 0 Å². The fourth-order valence-corrected chi connectivity index (χ4v) is 2.15. The van der Waals surface area contributed by atoms with Gasteiger partial charge in [0.2, 0.25) is 5.95 Å².